The van der Waals surface area contributed by atoms with Crippen molar-refractivity contribution in [3.05, 3.63) is 23.2 Å². The lowest BCUT2D eigenvalue weighted by molar-refractivity contribution is 0.588. The van der Waals surface area contributed by atoms with Gasteiger partial charge in [0.25, 0.3) is 0 Å². The molecule has 0 aliphatic carbocycles. The third kappa shape index (κ3) is 4.75. The Morgan fingerprint density at radius 3 is 2.53 bits per heavy atom. The molecule has 0 aliphatic heterocycles. The zero-order chi connectivity index (χ0) is 14.6. The number of nitrogens with zero attached hydrogens (tertiary/aromatic N) is 1. The van der Waals surface area contributed by atoms with Gasteiger partial charge in [0, 0.05) is 20.0 Å². The number of halogens is 2. The van der Waals surface area contributed by atoms with Crippen molar-refractivity contribution in [2.75, 3.05) is 35.4 Å². The van der Waals surface area contributed by atoms with E-state index in [0.29, 0.717) is 22.3 Å². The second-order valence-electron chi connectivity index (χ2n) is 4.67. The third-order valence-electron chi connectivity index (χ3n) is 2.47. The Morgan fingerprint density at radius 1 is 1.37 bits per heavy atom. The molecular weight excluding hydrogens is 307 g/mol. The van der Waals surface area contributed by atoms with Gasteiger partial charge in [0.05, 0.1) is 22.2 Å². The first kappa shape index (κ1) is 16.4. The van der Waals surface area contributed by atoms with E-state index in [-0.39, 0.29) is 11.7 Å². The highest BCUT2D eigenvalue weighted by Gasteiger charge is 2.18. The molecule has 7 heteroatoms. The van der Waals surface area contributed by atoms with Crippen LogP contribution in [0, 0.1) is 5.92 Å². The van der Waals surface area contributed by atoms with Crippen LogP contribution in [-0.2, 0) is 10.0 Å². The summed E-state index contributed by atoms with van der Waals surface area (Å²) >= 11 is 11.7. The van der Waals surface area contributed by atoms with Gasteiger partial charge in [-0.15, -0.1) is 11.6 Å². The number of anilines is 2. The number of para-hydroxylation sites is 1. The Balaban J connectivity index is 3.03. The van der Waals surface area contributed by atoms with Crippen LogP contribution in [0.1, 0.15) is 6.92 Å². The Kier molecular flexibility index (Phi) is 5.77. The molecule has 1 rings (SSSR count). The highest BCUT2D eigenvalue weighted by atomic mass is 35.5. The van der Waals surface area contributed by atoms with E-state index >= 15 is 0 Å². The van der Waals surface area contributed by atoms with Crippen molar-refractivity contribution in [1.82, 2.24) is 0 Å². The predicted molar refractivity (Wildman–Crippen MR) is 83.1 cm³/mol. The summed E-state index contributed by atoms with van der Waals surface area (Å²) in [6.45, 7) is 1.79. The fraction of sp³-hybridized carbons (Fsp3) is 0.500. The van der Waals surface area contributed by atoms with Gasteiger partial charge in [-0.3, -0.25) is 4.72 Å². The second kappa shape index (κ2) is 6.68. The van der Waals surface area contributed by atoms with Gasteiger partial charge in [-0.05, 0) is 18.1 Å². The molecular formula is C12H18Cl2N2O2S. The third-order valence-corrected chi connectivity index (χ3v) is 4.84. The van der Waals surface area contributed by atoms with Gasteiger partial charge in [0.2, 0.25) is 10.0 Å². The molecule has 4 nitrogen and oxygen atoms in total. The number of alkyl halides is 1. The maximum Gasteiger partial charge on any atom is 0.233 e. The molecule has 0 amide bonds. The van der Waals surface area contributed by atoms with Gasteiger partial charge in [-0.2, -0.15) is 0 Å². The highest BCUT2D eigenvalue weighted by Crippen LogP contribution is 2.33. The monoisotopic (exact) mass is 324 g/mol. The van der Waals surface area contributed by atoms with Crippen LogP contribution in [0.25, 0.3) is 0 Å². The molecule has 0 radical (unpaired) electrons. The van der Waals surface area contributed by atoms with Crippen LogP contribution in [0.3, 0.4) is 0 Å². The number of hydrogen-bond donors (Lipinski definition) is 1. The Bertz CT molecular complexity index is 533. The van der Waals surface area contributed by atoms with Gasteiger partial charge in [0.15, 0.2) is 0 Å². The molecule has 0 aromatic heterocycles. The van der Waals surface area contributed by atoms with Gasteiger partial charge in [-0.25, -0.2) is 8.42 Å². The second-order valence-corrected chi connectivity index (χ2v) is 7.16. The van der Waals surface area contributed by atoms with Crippen LogP contribution in [0.4, 0.5) is 11.4 Å². The van der Waals surface area contributed by atoms with E-state index in [9.17, 15) is 8.42 Å². The first-order valence-corrected chi connectivity index (χ1v) is 8.35. The largest absolute Gasteiger partial charge is 0.375 e. The molecule has 0 bridgehead atoms. The van der Waals surface area contributed by atoms with Crippen molar-refractivity contribution < 1.29 is 8.42 Å². The smallest absolute Gasteiger partial charge is 0.233 e. The molecule has 1 unspecified atom stereocenters. The molecule has 0 heterocycles. The number of rotatable bonds is 6. The molecule has 108 valence electrons. The molecule has 0 fully saturated rings. The summed E-state index contributed by atoms with van der Waals surface area (Å²) in [5, 5.41) is 0.496. The number of nitrogens with one attached hydrogen (secondary N) is 1. The van der Waals surface area contributed by atoms with Gasteiger partial charge in [-0.1, -0.05) is 24.6 Å². The van der Waals surface area contributed by atoms with Gasteiger partial charge in [0.1, 0.15) is 0 Å². The fourth-order valence-electron chi connectivity index (χ4n) is 1.68. The first-order chi connectivity index (χ1) is 8.76. The van der Waals surface area contributed by atoms with Crippen molar-refractivity contribution >= 4 is 44.6 Å². The van der Waals surface area contributed by atoms with E-state index in [1.807, 2.05) is 0 Å². The number of sulfonamides is 1. The van der Waals surface area contributed by atoms with Crippen LogP contribution in [0.5, 0.6) is 0 Å². The summed E-state index contributed by atoms with van der Waals surface area (Å²) in [6.07, 6.45) is 0. The zero-order valence-corrected chi connectivity index (χ0v) is 13.5. The van der Waals surface area contributed by atoms with Crippen LogP contribution >= 0.6 is 23.2 Å². The molecule has 0 aliphatic rings. The summed E-state index contributed by atoms with van der Waals surface area (Å²) in [5.41, 5.74) is 1.12. The van der Waals surface area contributed by atoms with Gasteiger partial charge >= 0.3 is 0 Å². The van der Waals surface area contributed by atoms with E-state index in [2.05, 4.69) is 4.72 Å². The van der Waals surface area contributed by atoms with E-state index < -0.39 is 10.0 Å². The lowest BCUT2D eigenvalue weighted by Gasteiger charge is -2.20. The predicted octanol–water partition coefficient (Wildman–Crippen LogP) is 3.02. The lowest BCUT2D eigenvalue weighted by atomic mass is 10.2. The van der Waals surface area contributed by atoms with Crippen molar-refractivity contribution in [3.63, 3.8) is 0 Å². The molecule has 0 saturated heterocycles. The standard InChI is InChI=1S/C12H18Cl2N2O2S/c1-9(7-13)8-19(17,18)15-11-6-4-5-10(14)12(11)16(2)3/h4-6,9,15H,7-8H2,1-3H3. The zero-order valence-electron chi connectivity index (χ0n) is 11.2. The minimum absolute atomic E-state index is 0.0180. The minimum Gasteiger partial charge on any atom is -0.375 e. The fourth-order valence-corrected chi connectivity index (χ4v) is 3.71. The number of hydrogen-bond acceptors (Lipinski definition) is 3. The van der Waals surface area contributed by atoms with Crippen molar-refractivity contribution in [3.8, 4) is 0 Å². The maximum absolute atomic E-state index is 12.0. The summed E-state index contributed by atoms with van der Waals surface area (Å²) in [4.78, 5) is 1.77. The van der Waals surface area contributed by atoms with Crippen molar-refractivity contribution in [2.45, 2.75) is 6.92 Å². The summed E-state index contributed by atoms with van der Waals surface area (Å²) < 4.78 is 26.6. The topological polar surface area (TPSA) is 49.4 Å². The Labute approximate surface area is 124 Å². The van der Waals surface area contributed by atoms with Gasteiger partial charge < -0.3 is 4.90 Å². The normalized spacial score (nSPS) is 13.1. The SMILES string of the molecule is CC(CCl)CS(=O)(=O)Nc1cccc(Cl)c1N(C)C. The summed E-state index contributed by atoms with van der Waals surface area (Å²) in [5.74, 6) is 0.175. The molecule has 19 heavy (non-hydrogen) atoms. The molecule has 0 saturated carbocycles. The summed E-state index contributed by atoms with van der Waals surface area (Å²) in [6, 6.07) is 5.11. The highest BCUT2D eigenvalue weighted by molar-refractivity contribution is 7.92. The molecule has 1 aromatic rings. The molecule has 1 N–H and O–H groups in total. The maximum atomic E-state index is 12.0. The molecule has 0 spiro atoms. The van der Waals surface area contributed by atoms with Crippen LogP contribution in [0.2, 0.25) is 5.02 Å². The molecule has 1 atom stereocenters. The van der Waals surface area contributed by atoms with Crippen molar-refractivity contribution in [2.24, 2.45) is 5.92 Å². The summed E-state index contributed by atoms with van der Waals surface area (Å²) in [7, 11) is 0.173. The molecule has 1 aromatic carbocycles. The Morgan fingerprint density at radius 2 is 2.00 bits per heavy atom. The average Bonchev–Trinajstić information content (AvgIpc) is 2.26. The Hall–Kier alpha value is -0.650. The van der Waals surface area contributed by atoms with E-state index in [0.717, 1.165) is 0 Å². The quantitative estimate of drug-likeness (QED) is 0.818. The number of benzene rings is 1. The lowest BCUT2D eigenvalue weighted by Crippen LogP contribution is -2.23. The minimum atomic E-state index is -3.44. The average molecular weight is 325 g/mol. The van der Waals surface area contributed by atoms with Crippen molar-refractivity contribution in [1.29, 1.82) is 0 Å². The van der Waals surface area contributed by atoms with Crippen LogP contribution in [0.15, 0.2) is 18.2 Å². The van der Waals surface area contributed by atoms with E-state index in [1.165, 1.54) is 0 Å². The first-order valence-electron chi connectivity index (χ1n) is 5.79. The van der Waals surface area contributed by atoms with E-state index in [4.69, 9.17) is 23.2 Å². The van der Waals surface area contributed by atoms with E-state index in [1.54, 1.807) is 44.1 Å². The van der Waals surface area contributed by atoms with Crippen LogP contribution in [-0.4, -0.2) is 34.1 Å². The van der Waals surface area contributed by atoms with Crippen LogP contribution < -0.4 is 9.62 Å².